The van der Waals surface area contributed by atoms with E-state index in [1.54, 1.807) is 21.3 Å². The third-order valence-corrected chi connectivity index (χ3v) is 14.3. The van der Waals surface area contributed by atoms with E-state index < -0.39 is 0 Å². The molecule has 0 spiro atoms. The molecule has 0 aliphatic heterocycles. The standard InChI is InChI=1S/C23H28O2.C23H28O.C15H19BrO2/c1-13-8-14(2)10-16(9-13)20-17-11-15(3)21(24)18(17)12-19(22(20)25-7)23(4,5)6;1-14-8-15(2)11-18(10-14)21-19-12-16(3)9-17(19)13-20(22(21)24-7)23(4,5)6;1-8-6-9-10(13(8)17)7-11(15(2,3)4)14(18-5)12(9)16/h8-10,12,15H,11H2,1-7H3;8-11,13H,12H2,1-7H3;7-8H,6H2,1-5H3. The van der Waals surface area contributed by atoms with Gasteiger partial charge in [-0.3, -0.25) is 9.59 Å². The van der Waals surface area contributed by atoms with Crippen molar-refractivity contribution in [3.63, 3.8) is 0 Å². The van der Waals surface area contributed by atoms with Crippen LogP contribution in [0.3, 0.4) is 0 Å². The fraction of sp³-hybridized carbons (Fsp3) is 0.443. The molecule has 2 atom stereocenters. The number of fused-ring (bicyclic) bond motifs is 3. The number of ether oxygens (including phenoxy) is 3. The Kier molecular flexibility index (Phi) is 14.8. The van der Waals surface area contributed by atoms with Gasteiger partial charge in [-0.25, -0.2) is 0 Å². The number of rotatable bonds is 5. The Labute approximate surface area is 411 Å². The predicted molar refractivity (Wildman–Crippen MR) is 284 cm³/mol. The molecule has 3 aliphatic rings. The van der Waals surface area contributed by atoms with Crippen molar-refractivity contribution in [2.24, 2.45) is 11.8 Å². The second-order valence-corrected chi connectivity index (χ2v) is 23.5. The van der Waals surface area contributed by atoms with Crippen molar-refractivity contribution in [3.8, 4) is 39.5 Å². The van der Waals surface area contributed by atoms with Crippen LogP contribution in [0, 0.1) is 39.5 Å². The van der Waals surface area contributed by atoms with E-state index in [1.807, 2.05) is 19.9 Å². The Morgan fingerprint density at radius 3 is 1.25 bits per heavy atom. The Bertz CT molecular complexity index is 2760. The monoisotopic (exact) mass is 966 g/mol. The molecule has 8 rings (SSSR count). The molecule has 0 heterocycles. The number of benzene rings is 5. The summed E-state index contributed by atoms with van der Waals surface area (Å²) < 4.78 is 18.4. The summed E-state index contributed by atoms with van der Waals surface area (Å²) >= 11 is 3.61. The van der Waals surface area contributed by atoms with E-state index in [9.17, 15) is 9.59 Å². The van der Waals surface area contributed by atoms with Crippen LogP contribution >= 0.6 is 15.9 Å². The van der Waals surface area contributed by atoms with Crippen molar-refractivity contribution in [3.05, 3.63) is 137 Å². The molecule has 5 nitrogen and oxygen atoms in total. The number of carbonyl (C=O) groups is 2. The molecule has 0 radical (unpaired) electrons. The number of methoxy groups -OCH3 is 3. The molecule has 3 aliphatic carbocycles. The molecule has 356 valence electrons. The Morgan fingerprint density at radius 2 is 0.851 bits per heavy atom. The minimum absolute atomic E-state index is 0.0400. The van der Waals surface area contributed by atoms with Crippen LogP contribution in [0.5, 0.6) is 17.2 Å². The quantitative estimate of drug-likeness (QED) is 0.176. The fourth-order valence-electron chi connectivity index (χ4n) is 10.3. The maximum absolute atomic E-state index is 12.8. The largest absolute Gasteiger partial charge is 0.496 e. The number of carbonyl (C=O) groups excluding carboxylic acids is 2. The highest BCUT2D eigenvalue weighted by Gasteiger charge is 2.36. The van der Waals surface area contributed by atoms with Gasteiger partial charge in [0.2, 0.25) is 0 Å². The summed E-state index contributed by atoms with van der Waals surface area (Å²) in [6, 6.07) is 19.8. The summed E-state index contributed by atoms with van der Waals surface area (Å²) in [5.41, 5.74) is 21.4. The summed E-state index contributed by atoms with van der Waals surface area (Å²) in [7, 11) is 5.23. The highest BCUT2D eigenvalue weighted by Crippen LogP contribution is 2.49. The topological polar surface area (TPSA) is 61.8 Å². The second kappa shape index (κ2) is 19.2. The summed E-state index contributed by atoms with van der Waals surface area (Å²) in [5, 5.41) is 0. The van der Waals surface area contributed by atoms with Gasteiger partial charge in [-0.2, -0.15) is 0 Å². The molecule has 6 heteroatoms. The molecule has 0 amide bonds. The van der Waals surface area contributed by atoms with E-state index in [0.717, 1.165) is 85.5 Å². The second-order valence-electron chi connectivity index (χ2n) is 22.7. The van der Waals surface area contributed by atoms with E-state index in [2.05, 4.69) is 167 Å². The van der Waals surface area contributed by atoms with Crippen LogP contribution in [0.4, 0.5) is 0 Å². The molecular weight excluding hydrogens is 893 g/mol. The van der Waals surface area contributed by atoms with Gasteiger partial charge in [0.1, 0.15) is 17.2 Å². The van der Waals surface area contributed by atoms with Gasteiger partial charge >= 0.3 is 0 Å². The van der Waals surface area contributed by atoms with Crippen LogP contribution in [0.15, 0.2) is 64.6 Å². The zero-order valence-corrected chi connectivity index (χ0v) is 45.6. The van der Waals surface area contributed by atoms with Crippen LogP contribution in [0.1, 0.15) is 165 Å². The minimum atomic E-state index is -0.0971. The number of Topliss-reactive ketones (excluding diaryl/α,β-unsaturated/α-hetero) is 2. The van der Waals surface area contributed by atoms with Crippen molar-refractivity contribution in [2.45, 2.75) is 146 Å². The zero-order valence-electron chi connectivity index (χ0n) is 44.0. The zero-order chi connectivity index (χ0) is 49.8. The molecular formula is C61H75BrO5. The third-order valence-electron chi connectivity index (χ3n) is 13.5. The first kappa shape index (κ1) is 51.5. The van der Waals surface area contributed by atoms with Gasteiger partial charge in [0.25, 0.3) is 0 Å². The van der Waals surface area contributed by atoms with Gasteiger partial charge in [0.15, 0.2) is 11.6 Å². The van der Waals surface area contributed by atoms with Crippen LogP contribution in [0.2, 0.25) is 0 Å². The summed E-state index contributed by atoms with van der Waals surface area (Å²) in [6.07, 6.45) is 4.93. The maximum Gasteiger partial charge on any atom is 0.166 e. The minimum Gasteiger partial charge on any atom is -0.496 e. The lowest BCUT2D eigenvalue weighted by molar-refractivity contribution is 0.0939. The van der Waals surface area contributed by atoms with Crippen LogP contribution in [-0.4, -0.2) is 32.9 Å². The van der Waals surface area contributed by atoms with Crippen molar-refractivity contribution < 1.29 is 23.8 Å². The van der Waals surface area contributed by atoms with Gasteiger partial charge < -0.3 is 14.2 Å². The van der Waals surface area contributed by atoms with Gasteiger partial charge in [0.05, 0.1) is 25.8 Å². The number of allylic oxidation sites excluding steroid dienone is 1. The predicted octanol–water partition coefficient (Wildman–Crippen LogP) is 16.0. The SMILES string of the molecule is COc1c(C(C)(C)C)cc2c(c1-c1cc(C)cc(C)c1)CC(C)=C2.COc1c(C(C)(C)C)cc2c(c1-c1cc(C)cc(C)c1)CC(C)C2=O.COc1c(C(C)(C)C)cc2c(c1Br)CC(C)C2=O. The van der Waals surface area contributed by atoms with Gasteiger partial charge in [0, 0.05) is 50.8 Å². The first-order valence-corrected chi connectivity index (χ1v) is 24.7. The number of hydrogen-bond donors (Lipinski definition) is 0. The van der Waals surface area contributed by atoms with Crippen molar-refractivity contribution in [1.82, 2.24) is 0 Å². The van der Waals surface area contributed by atoms with E-state index in [1.165, 1.54) is 55.6 Å². The molecule has 0 fully saturated rings. The molecule has 0 bridgehead atoms. The van der Waals surface area contributed by atoms with Crippen molar-refractivity contribution in [1.29, 1.82) is 0 Å². The molecule has 0 saturated carbocycles. The normalized spacial score (nSPS) is 16.3. The molecule has 5 aromatic carbocycles. The van der Waals surface area contributed by atoms with E-state index >= 15 is 0 Å². The Hall–Kier alpha value is -4.94. The molecule has 67 heavy (non-hydrogen) atoms. The average Bonchev–Trinajstić information content (AvgIpc) is 3.84. The van der Waals surface area contributed by atoms with Crippen LogP contribution < -0.4 is 14.2 Å². The maximum atomic E-state index is 12.8. The van der Waals surface area contributed by atoms with E-state index in [-0.39, 0.29) is 39.6 Å². The first-order valence-electron chi connectivity index (χ1n) is 23.9. The van der Waals surface area contributed by atoms with Crippen molar-refractivity contribution >= 4 is 33.6 Å². The molecule has 0 saturated heterocycles. The lowest BCUT2D eigenvalue weighted by atomic mass is 9.81. The first-order chi connectivity index (χ1) is 31.1. The van der Waals surface area contributed by atoms with E-state index in [0.29, 0.717) is 0 Å². The van der Waals surface area contributed by atoms with Gasteiger partial charge in [-0.1, -0.05) is 146 Å². The molecule has 0 N–H and O–H groups in total. The average molecular weight is 968 g/mol. The summed E-state index contributed by atoms with van der Waals surface area (Å²) in [4.78, 5) is 24.9. The van der Waals surface area contributed by atoms with Crippen LogP contribution in [-0.2, 0) is 35.5 Å². The molecule has 2 unspecified atom stereocenters. The summed E-state index contributed by atoms with van der Waals surface area (Å²) in [5.74, 6) is 3.44. The highest BCUT2D eigenvalue weighted by molar-refractivity contribution is 9.10. The van der Waals surface area contributed by atoms with E-state index in [4.69, 9.17) is 14.2 Å². The number of aryl methyl sites for hydroxylation is 4. The van der Waals surface area contributed by atoms with Crippen LogP contribution in [0.25, 0.3) is 28.3 Å². The highest BCUT2D eigenvalue weighted by atomic mass is 79.9. The Morgan fingerprint density at radius 1 is 0.493 bits per heavy atom. The fourth-order valence-corrected chi connectivity index (χ4v) is 11.1. The van der Waals surface area contributed by atoms with Gasteiger partial charge in [-0.15, -0.1) is 0 Å². The number of hydrogen-bond acceptors (Lipinski definition) is 5. The summed E-state index contributed by atoms with van der Waals surface area (Å²) in [6.45, 7) is 34.5. The van der Waals surface area contributed by atoms with Gasteiger partial charge in [-0.05, 0) is 138 Å². The number of halogens is 1. The van der Waals surface area contributed by atoms with Crippen molar-refractivity contribution in [2.75, 3.05) is 21.3 Å². The number of ketones is 2. The third kappa shape index (κ3) is 10.4. The lowest BCUT2D eigenvalue weighted by Gasteiger charge is -2.26. The lowest BCUT2D eigenvalue weighted by Crippen LogP contribution is -2.15. The molecule has 0 aromatic heterocycles. The Balaban J connectivity index is 0.000000168. The smallest absolute Gasteiger partial charge is 0.166 e. The molecule has 5 aromatic rings.